The van der Waals surface area contributed by atoms with Crippen LogP contribution in [-0.2, 0) is 6.42 Å². The molecule has 4 rings (SSSR count). The largest absolute Gasteiger partial charge is 0.350 e. The fourth-order valence-electron chi connectivity index (χ4n) is 2.40. The molecule has 1 aromatic carbocycles. The third-order valence-corrected chi connectivity index (χ3v) is 4.61. The first kappa shape index (κ1) is 17.0. The molecule has 134 valence electrons. The number of para-hydroxylation sites is 1. The van der Waals surface area contributed by atoms with Crippen LogP contribution in [0.15, 0.2) is 60.4 Å². The van der Waals surface area contributed by atoms with Gasteiger partial charge in [0.15, 0.2) is 16.5 Å². The molecule has 0 saturated heterocycles. The molecule has 1 amide bonds. The van der Waals surface area contributed by atoms with E-state index in [0.29, 0.717) is 18.8 Å². The molecular weight excluding hydrogens is 362 g/mol. The third-order valence-electron chi connectivity index (χ3n) is 3.72. The molecule has 4 aromatic rings. The Hall–Kier alpha value is -3.46. The average molecular weight is 377 g/mol. The topological polar surface area (TPSA) is 98.5 Å². The van der Waals surface area contributed by atoms with E-state index in [1.165, 1.54) is 11.3 Å². The Balaban J connectivity index is 1.33. The van der Waals surface area contributed by atoms with Crippen LogP contribution >= 0.6 is 11.3 Å². The van der Waals surface area contributed by atoms with E-state index >= 15 is 0 Å². The normalized spacial score (nSPS) is 10.7. The number of thiazole rings is 1. The molecule has 0 aliphatic rings. The maximum Gasteiger partial charge on any atom is 0.273 e. The van der Waals surface area contributed by atoms with Gasteiger partial charge in [-0.2, -0.15) is 0 Å². The fourth-order valence-corrected chi connectivity index (χ4v) is 3.20. The lowest BCUT2D eigenvalue weighted by atomic mass is 10.3. The predicted octanol–water partition coefficient (Wildman–Crippen LogP) is 2.15. The molecule has 1 N–H and O–H groups in total. The van der Waals surface area contributed by atoms with Gasteiger partial charge in [0.25, 0.3) is 5.91 Å². The van der Waals surface area contributed by atoms with E-state index < -0.39 is 0 Å². The van der Waals surface area contributed by atoms with Gasteiger partial charge in [-0.15, -0.1) is 16.4 Å². The molecule has 8 nitrogen and oxygen atoms in total. The van der Waals surface area contributed by atoms with E-state index in [-0.39, 0.29) is 11.6 Å². The van der Waals surface area contributed by atoms with Crippen molar-refractivity contribution in [2.24, 2.45) is 0 Å². The fraction of sp³-hybridized carbons (Fsp3) is 0.111. The van der Waals surface area contributed by atoms with Gasteiger partial charge in [-0.05, 0) is 18.2 Å². The molecule has 0 fully saturated rings. The van der Waals surface area contributed by atoms with Crippen molar-refractivity contribution >= 4 is 17.2 Å². The first-order valence-corrected chi connectivity index (χ1v) is 9.15. The highest BCUT2D eigenvalue weighted by Crippen LogP contribution is 2.19. The summed E-state index contributed by atoms with van der Waals surface area (Å²) in [5.41, 5.74) is 2.01. The van der Waals surface area contributed by atoms with Crippen molar-refractivity contribution in [3.8, 4) is 16.5 Å². The lowest BCUT2D eigenvalue weighted by Crippen LogP contribution is -2.26. The van der Waals surface area contributed by atoms with Crippen LogP contribution in [0.4, 0.5) is 0 Å². The quantitative estimate of drug-likeness (QED) is 0.553. The van der Waals surface area contributed by atoms with Gasteiger partial charge in [-0.3, -0.25) is 4.79 Å². The number of carbonyl (C=O) groups excluding carboxylic acids is 1. The van der Waals surface area contributed by atoms with Crippen LogP contribution in [0, 0.1) is 0 Å². The summed E-state index contributed by atoms with van der Waals surface area (Å²) in [4.78, 5) is 25.1. The van der Waals surface area contributed by atoms with E-state index in [0.717, 1.165) is 16.4 Å². The standard InChI is InChI=1S/C18H15N7OS/c26-17(15-11-25(24-23-15)14-5-2-1-3-6-14)21-10-7-13-12-27-18(22-13)16-19-8-4-9-20-16/h1-6,8-9,11-12H,7,10H2,(H,21,26). The molecule has 0 aliphatic heterocycles. The zero-order valence-corrected chi connectivity index (χ0v) is 15.0. The molecule has 3 aromatic heterocycles. The van der Waals surface area contributed by atoms with Crippen LogP contribution in [0.5, 0.6) is 0 Å². The minimum absolute atomic E-state index is 0.265. The van der Waals surface area contributed by atoms with Crippen LogP contribution in [-0.4, -0.2) is 42.4 Å². The van der Waals surface area contributed by atoms with Crippen LogP contribution in [0.25, 0.3) is 16.5 Å². The molecule has 0 unspecified atom stereocenters. The van der Waals surface area contributed by atoms with Crippen molar-refractivity contribution in [2.45, 2.75) is 6.42 Å². The van der Waals surface area contributed by atoms with Crippen molar-refractivity contribution in [2.75, 3.05) is 6.54 Å². The second-order valence-corrected chi connectivity index (χ2v) is 6.46. The molecule has 0 radical (unpaired) electrons. The number of carbonyl (C=O) groups is 1. The van der Waals surface area contributed by atoms with Gasteiger partial charge in [-0.25, -0.2) is 19.6 Å². The summed E-state index contributed by atoms with van der Waals surface area (Å²) in [7, 11) is 0. The van der Waals surface area contributed by atoms with Gasteiger partial charge < -0.3 is 5.32 Å². The number of rotatable bonds is 6. The molecule has 27 heavy (non-hydrogen) atoms. The van der Waals surface area contributed by atoms with E-state index in [1.54, 1.807) is 29.3 Å². The predicted molar refractivity (Wildman–Crippen MR) is 101 cm³/mol. The number of benzene rings is 1. The Bertz CT molecular complexity index is 1030. The first-order valence-electron chi connectivity index (χ1n) is 8.27. The summed E-state index contributed by atoms with van der Waals surface area (Å²) >= 11 is 1.48. The minimum atomic E-state index is -0.265. The van der Waals surface area contributed by atoms with Gasteiger partial charge in [0.05, 0.1) is 17.6 Å². The second-order valence-electron chi connectivity index (χ2n) is 5.61. The molecule has 0 aliphatic carbocycles. The summed E-state index contributed by atoms with van der Waals surface area (Å²) in [6.45, 7) is 0.454. The summed E-state index contributed by atoms with van der Waals surface area (Å²) in [5, 5.41) is 13.5. The smallest absolute Gasteiger partial charge is 0.273 e. The zero-order valence-electron chi connectivity index (χ0n) is 14.2. The number of nitrogens with zero attached hydrogens (tertiary/aromatic N) is 6. The van der Waals surface area contributed by atoms with E-state index in [9.17, 15) is 4.79 Å². The van der Waals surface area contributed by atoms with Crippen LogP contribution in [0.2, 0.25) is 0 Å². The van der Waals surface area contributed by atoms with E-state index in [2.05, 4.69) is 30.6 Å². The summed E-state index contributed by atoms with van der Waals surface area (Å²) in [5.74, 6) is 0.342. The first-order chi connectivity index (χ1) is 13.3. The second kappa shape index (κ2) is 7.83. The highest BCUT2D eigenvalue weighted by Gasteiger charge is 2.12. The highest BCUT2D eigenvalue weighted by molar-refractivity contribution is 7.13. The van der Waals surface area contributed by atoms with Gasteiger partial charge in [-0.1, -0.05) is 23.4 Å². The van der Waals surface area contributed by atoms with Crippen molar-refractivity contribution in [3.05, 3.63) is 71.8 Å². The Kier molecular flexibility index (Phi) is 4.93. The van der Waals surface area contributed by atoms with Gasteiger partial charge in [0.1, 0.15) is 0 Å². The number of nitrogens with one attached hydrogen (secondary N) is 1. The molecule has 0 atom stereocenters. The molecular formula is C18H15N7OS. The summed E-state index contributed by atoms with van der Waals surface area (Å²) in [6.07, 6.45) is 5.60. The number of aromatic nitrogens is 6. The number of amides is 1. The Morgan fingerprint density at radius 3 is 2.74 bits per heavy atom. The van der Waals surface area contributed by atoms with Gasteiger partial charge in [0, 0.05) is 30.7 Å². The maximum absolute atomic E-state index is 12.2. The molecule has 0 spiro atoms. The van der Waals surface area contributed by atoms with Crippen LogP contribution in [0.3, 0.4) is 0 Å². The molecule has 0 saturated carbocycles. The zero-order chi connectivity index (χ0) is 18.5. The highest BCUT2D eigenvalue weighted by atomic mass is 32.1. The Morgan fingerprint density at radius 2 is 1.93 bits per heavy atom. The lowest BCUT2D eigenvalue weighted by molar-refractivity contribution is 0.0949. The molecule has 9 heteroatoms. The molecule has 0 bridgehead atoms. The molecule has 3 heterocycles. The van der Waals surface area contributed by atoms with Crippen molar-refractivity contribution in [3.63, 3.8) is 0 Å². The monoisotopic (exact) mass is 377 g/mol. The maximum atomic E-state index is 12.2. The van der Waals surface area contributed by atoms with Crippen molar-refractivity contribution < 1.29 is 4.79 Å². The third kappa shape index (κ3) is 4.04. The van der Waals surface area contributed by atoms with E-state index in [1.807, 2.05) is 35.7 Å². The Morgan fingerprint density at radius 1 is 1.11 bits per heavy atom. The SMILES string of the molecule is O=C(NCCc1csc(-c2ncccn2)n1)c1cn(-c2ccccc2)nn1. The van der Waals surface area contributed by atoms with Gasteiger partial charge >= 0.3 is 0 Å². The number of hydrogen-bond acceptors (Lipinski definition) is 7. The lowest BCUT2D eigenvalue weighted by Gasteiger charge is -2.01. The van der Waals surface area contributed by atoms with Crippen molar-refractivity contribution in [1.29, 1.82) is 0 Å². The van der Waals surface area contributed by atoms with Gasteiger partial charge in [0.2, 0.25) is 0 Å². The van der Waals surface area contributed by atoms with Crippen LogP contribution < -0.4 is 5.32 Å². The summed E-state index contributed by atoms with van der Waals surface area (Å²) < 4.78 is 1.57. The minimum Gasteiger partial charge on any atom is -0.350 e. The van der Waals surface area contributed by atoms with Crippen LogP contribution in [0.1, 0.15) is 16.2 Å². The van der Waals surface area contributed by atoms with E-state index in [4.69, 9.17) is 0 Å². The Labute approximate surface area is 159 Å². The van der Waals surface area contributed by atoms with Crippen molar-refractivity contribution in [1.82, 2.24) is 35.3 Å². The number of hydrogen-bond donors (Lipinski definition) is 1. The average Bonchev–Trinajstić information content (AvgIpc) is 3.39. The summed E-state index contributed by atoms with van der Waals surface area (Å²) in [6, 6.07) is 11.3.